The number of benzene rings is 1. The van der Waals surface area contributed by atoms with Crippen molar-refractivity contribution in [1.29, 1.82) is 0 Å². The number of allylic oxidation sites excluding steroid dienone is 1. The highest BCUT2D eigenvalue weighted by molar-refractivity contribution is 5.99. The Morgan fingerprint density at radius 2 is 2.00 bits per heavy atom. The van der Waals surface area contributed by atoms with Crippen LogP contribution in [-0.4, -0.2) is 27.4 Å². The standard InChI is InChI=1S/C14H13N3O/c1-15-11-4-7-14-16-8-13(17(14)9-11)10-2-5-12(18)6-3-10/h2-8,18H,9H2,1H3. The van der Waals surface area contributed by atoms with E-state index >= 15 is 0 Å². The maximum absolute atomic E-state index is 9.32. The third-order valence-corrected chi connectivity index (χ3v) is 3.08. The molecule has 2 aromatic rings. The molecule has 1 N–H and O–H groups in total. The van der Waals surface area contributed by atoms with Gasteiger partial charge in [-0.3, -0.25) is 4.99 Å². The van der Waals surface area contributed by atoms with Gasteiger partial charge in [-0.25, -0.2) is 4.98 Å². The SMILES string of the molecule is CN=C1C=Cc2ncc(-c3ccc(O)cc3)n2C1. The summed E-state index contributed by atoms with van der Waals surface area (Å²) in [4.78, 5) is 8.60. The number of aliphatic imine (C=N–C) groups is 1. The Morgan fingerprint density at radius 3 is 2.72 bits per heavy atom. The largest absolute Gasteiger partial charge is 0.508 e. The van der Waals surface area contributed by atoms with Crippen LogP contribution in [0.5, 0.6) is 5.75 Å². The second kappa shape index (κ2) is 4.14. The first kappa shape index (κ1) is 10.8. The van der Waals surface area contributed by atoms with Crippen molar-refractivity contribution in [2.45, 2.75) is 6.54 Å². The Labute approximate surface area is 105 Å². The Kier molecular flexibility index (Phi) is 2.48. The number of hydrogen-bond donors (Lipinski definition) is 1. The van der Waals surface area contributed by atoms with E-state index in [0.29, 0.717) is 0 Å². The van der Waals surface area contributed by atoms with Crippen LogP contribution in [0.2, 0.25) is 0 Å². The maximum Gasteiger partial charge on any atom is 0.133 e. The molecule has 0 aliphatic carbocycles. The summed E-state index contributed by atoms with van der Waals surface area (Å²) in [5.74, 6) is 1.21. The molecule has 0 atom stereocenters. The van der Waals surface area contributed by atoms with Gasteiger partial charge in [-0.2, -0.15) is 0 Å². The van der Waals surface area contributed by atoms with Gasteiger partial charge in [0, 0.05) is 12.6 Å². The zero-order valence-corrected chi connectivity index (χ0v) is 10.0. The fourth-order valence-electron chi connectivity index (χ4n) is 2.08. The molecule has 4 nitrogen and oxygen atoms in total. The van der Waals surface area contributed by atoms with Crippen molar-refractivity contribution in [3.8, 4) is 17.0 Å². The van der Waals surface area contributed by atoms with E-state index in [1.165, 1.54) is 0 Å². The average molecular weight is 239 g/mol. The highest BCUT2D eigenvalue weighted by Gasteiger charge is 2.14. The molecule has 1 aromatic heterocycles. The van der Waals surface area contributed by atoms with Gasteiger partial charge >= 0.3 is 0 Å². The maximum atomic E-state index is 9.32. The predicted molar refractivity (Wildman–Crippen MR) is 71.7 cm³/mol. The number of aromatic nitrogens is 2. The molecule has 0 bridgehead atoms. The molecule has 2 heterocycles. The van der Waals surface area contributed by atoms with Crippen molar-refractivity contribution in [1.82, 2.24) is 9.55 Å². The summed E-state index contributed by atoms with van der Waals surface area (Å²) < 4.78 is 2.12. The molecule has 0 saturated heterocycles. The molecule has 1 aromatic carbocycles. The molecule has 0 spiro atoms. The molecule has 1 aliphatic heterocycles. The molecule has 0 radical (unpaired) electrons. The quantitative estimate of drug-likeness (QED) is 0.830. The summed E-state index contributed by atoms with van der Waals surface area (Å²) in [7, 11) is 1.79. The topological polar surface area (TPSA) is 50.4 Å². The van der Waals surface area contributed by atoms with Gasteiger partial charge in [-0.15, -0.1) is 0 Å². The lowest BCUT2D eigenvalue weighted by Crippen LogP contribution is -2.14. The van der Waals surface area contributed by atoms with E-state index in [1.807, 2.05) is 30.5 Å². The zero-order chi connectivity index (χ0) is 12.5. The van der Waals surface area contributed by atoms with E-state index in [9.17, 15) is 5.11 Å². The van der Waals surface area contributed by atoms with Crippen LogP contribution < -0.4 is 0 Å². The number of phenols is 1. The summed E-state index contributed by atoms with van der Waals surface area (Å²) in [6.45, 7) is 0.735. The molecule has 90 valence electrons. The molecular formula is C14H13N3O. The Balaban J connectivity index is 2.08. The lowest BCUT2D eigenvalue weighted by atomic mass is 10.1. The summed E-state index contributed by atoms with van der Waals surface area (Å²) in [6, 6.07) is 7.15. The predicted octanol–water partition coefficient (Wildman–Crippen LogP) is 2.35. The number of imidazole rings is 1. The van der Waals surface area contributed by atoms with Gasteiger partial charge in [-0.05, 0) is 36.4 Å². The normalized spacial score (nSPS) is 15.9. The summed E-state index contributed by atoms with van der Waals surface area (Å²) >= 11 is 0. The Morgan fingerprint density at radius 1 is 1.22 bits per heavy atom. The van der Waals surface area contributed by atoms with Gasteiger partial charge in [0.15, 0.2) is 0 Å². The van der Waals surface area contributed by atoms with E-state index in [1.54, 1.807) is 19.2 Å². The Hall–Kier alpha value is -2.36. The minimum atomic E-state index is 0.271. The van der Waals surface area contributed by atoms with Crippen LogP contribution in [0.1, 0.15) is 5.82 Å². The van der Waals surface area contributed by atoms with Crippen LogP contribution in [0.4, 0.5) is 0 Å². The highest BCUT2D eigenvalue weighted by atomic mass is 16.3. The number of phenolic OH excluding ortho intramolecular Hbond substituents is 1. The second-order valence-electron chi connectivity index (χ2n) is 4.18. The fourth-order valence-corrected chi connectivity index (χ4v) is 2.08. The van der Waals surface area contributed by atoms with Crippen LogP contribution in [-0.2, 0) is 6.54 Å². The van der Waals surface area contributed by atoms with Gasteiger partial charge < -0.3 is 9.67 Å². The van der Waals surface area contributed by atoms with Crippen LogP contribution in [0.25, 0.3) is 17.3 Å². The third-order valence-electron chi connectivity index (χ3n) is 3.08. The molecule has 18 heavy (non-hydrogen) atoms. The summed E-state index contributed by atoms with van der Waals surface area (Å²) in [6.07, 6.45) is 5.81. The number of rotatable bonds is 1. The lowest BCUT2D eigenvalue weighted by molar-refractivity contribution is 0.475. The number of aromatic hydroxyl groups is 1. The average Bonchev–Trinajstić information content (AvgIpc) is 2.82. The van der Waals surface area contributed by atoms with Gasteiger partial charge in [-0.1, -0.05) is 0 Å². The molecule has 0 unspecified atom stereocenters. The van der Waals surface area contributed by atoms with Crippen LogP contribution in [0, 0.1) is 0 Å². The molecule has 4 heteroatoms. The van der Waals surface area contributed by atoms with Crippen LogP contribution in [0.15, 0.2) is 41.5 Å². The number of fused-ring (bicyclic) bond motifs is 1. The first-order valence-corrected chi connectivity index (χ1v) is 5.76. The molecular weight excluding hydrogens is 226 g/mol. The van der Waals surface area contributed by atoms with E-state index in [-0.39, 0.29) is 5.75 Å². The van der Waals surface area contributed by atoms with Gasteiger partial charge in [0.2, 0.25) is 0 Å². The smallest absolute Gasteiger partial charge is 0.133 e. The number of hydrogen-bond acceptors (Lipinski definition) is 3. The van der Waals surface area contributed by atoms with E-state index in [2.05, 4.69) is 14.5 Å². The van der Waals surface area contributed by atoms with Crippen molar-refractivity contribution in [3.05, 3.63) is 42.4 Å². The minimum Gasteiger partial charge on any atom is -0.508 e. The first-order valence-electron chi connectivity index (χ1n) is 5.76. The van der Waals surface area contributed by atoms with Gasteiger partial charge in [0.25, 0.3) is 0 Å². The molecule has 0 amide bonds. The van der Waals surface area contributed by atoms with Crippen molar-refractivity contribution in [2.24, 2.45) is 4.99 Å². The fraction of sp³-hybridized carbons (Fsp3) is 0.143. The van der Waals surface area contributed by atoms with Crippen LogP contribution in [0.3, 0.4) is 0 Å². The minimum absolute atomic E-state index is 0.271. The van der Waals surface area contributed by atoms with Crippen molar-refractivity contribution in [2.75, 3.05) is 7.05 Å². The Bertz CT molecular complexity index is 636. The van der Waals surface area contributed by atoms with E-state index in [0.717, 1.165) is 29.3 Å². The number of nitrogens with zero attached hydrogens (tertiary/aromatic N) is 3. The summed E-state index contributed by atoms with van der Waals surface area (Å²) in [5.41, 5.74) is 3.10. The van der Waals surface area contributed by atoms with Gasteiger partial charge in [0.05, 0.1) is 24.1 Å². The second-order valence-corrected chi connectivity index (χ2v) is 4.18. The first-order chi connectivity index (χ1) is 8.78. The van der Waals surface area contributed by atoms with Crippen molar-refractivity contribution >= 4 is 11.8 Å². The molecule has 0 saturated carbocycles. The molecule has 0 fully saturated rings. The van der Waals surface area contributed by atoms with E-state index in [4.69, 9.17) is 0 Å². The van der Waals surface area contributed by atoms with Crippen molar-refractivity contribution < 1.29 is 5.11 Å². The van der Waals surface area contributed by atoms with Crippen LogP contribution >= 0.6 is 0 Å². The monoisotopic (exact) mass is 239 g/mol. The van der Waals surface area contributed by atoms with Crippen molar-refractivity contribution in [3.63, 3.8) is 0 Å². The highest BCUT2D eigenvalue weighted by Crippen LogP contribution is 2.25. The molecule has 1 aliphatic rings. The summed E-state index contributed by atoms with van der Waals surface area (Å²) in [5, 5.41) is 9.32. The van der Waals surface area contributed by atoms with E-state index < -0.39 is 0 Å². The zero-order valence-electron chi connectivity index (χ0n) is 10.0. The third kappa shape index (κ3) is 1.72. The molecule has 3 rings (SSSR count). The lowest BCUT2D eigenvalue weighted by Gasteiger charge is -2.14. The van der Waals surface area contributed by atoms with Gasteiger partial charge in [0.1, 0.15) is 11.6 Å².